The molecule has 102 valence electrons. The van der Waals surface area contributed by atoms with Crippen LogP contribution in [0.15, 0.2) is 35.8 Å². The van der Waals surface area contributed by atoms with E-state index in [-0.39, 0.29) is 12.3 Å². The number of aromatic nitrogens is 1. The summed E-state index contributed by atoms with van der Waals surface area (Å²) in [6.07, 6.45) is 1.66. The van der Waals surface area contributed by atoms with Crippen LogP contribution >= 0.6 is 22.9 Å². The molecule has 0 spiro atoms. The van der Waals surface area contributed by atoms with E-state index in [1.807, 2.05) is 5.38 Å². The Morgan fingerprint density at radius 1 is 1.37 bits per heavy atom. The largest absolute Gasteiger partial charge is 0.248 e. The second-order valence-corrected chi connectivity index (χ2v) is 7.49. The minimum absolute atomic E-state index is 0.103. The van der Waals surface area contributed by atoms with Gasteiger partial charge in [-0.2, -0.15) is 4.31 Å². The van der Waals surface area contributed by atoms with Crippen molar-refractivity contribution in [1.29, 1.82) is 0 Å². The van der Waals surface area contributed by atoms with Gasteiger partial charge >= 0.3 is 0 Å². The maximum atomic E-state index is 12.2. The van der Waals surface area contributed by atoms with Crippen molar-refractivity contribution in [3.8, 4) is 0 Å². The molecule has 0 saturated heterocycles. The van der Waals surface area contributed by atoms with Gasteiger partial charge in [-0.1, -0.05) is 29.8 Å². The first-order valence-electron chi connectivity index (χ1n) is 5.55. The summed E-state index contributed by atoms with van der Waals surface area (Å²) < 4.78 is 25.7. The van der Waals surface area contributed by atoms with Crippen LogP contribution in [-0.4, -0.2) is 24.8 Å². The summed E-state index contributed by atoms with van der Waals surface area (Å²) >= 11 is 7.42. The second-order valence-electron chi connectivity index (χ2n) is 4.03. The van der Waals surface area contributed by atoms with Crippen molar-refractivity contribution in [1.82, 2.24) is 9.29 Å². The van der Waals surface area contributed by atoms with Gasteiger partial charge in [0.15, 0.2) is 0 Å². The van der Waals surface area contributed by atoms with Crippen LogP contribution in [0.5, 0.6) is 0 Å². The van der Waals surface area contributed by atoms with Crippen molar-refractivity contribution in [2.45, 2.75) is 12.3 Å². The molecule has 0 saturated carbocycles. The van der Waals surface area contributed by atoms with E-state index in [4.69, 9.17) is 11.6 Å². The molecular formula is C12H13ClN2O2S2. The Kier molecular flexibility index (Phi) is 4.57. The van der Waals surface area contributed by atoms with E-state index in [0.717, 1.165) is 5.01 Å². The molecule has 1 aromatic heterocycles. The first-order valence-corrected chi connectivity index (χ1v) is 8.41. The monoisotopic (exact) mass is 316 g/mol. The van der Waals surface area contributed by atoms with Crippen molar-refractivity contribution in [2.24, 2.45) is 0 Å². The molecule has 0 aliphatic heterocycles. The molecule has 2 aromatic rings. The second kappa shape index (κ2) is 6.00. The van der Waals surface area contributed by atoms with Gasteiger partial charge in [-0.3, -0.25) is 0 Å². The smallest absolute Gasteiger partial charge is 0.218 e. The van der Waals surface area contributed by atoms with Crippen LogP contribution in [0.3, 0.4) is 0 Å². The molecule has 0 aliphatic carbocycles. The summed E-state index contributed by atoms with van der Waals surface area (Å²) in [5.74, 6) is -0.103. The molecule has 0 fully saturated rings. The number of sulfonamides is 1. The Morgan fingerprint density at radius 2 is 2.11 bits per heavy atom. The summed E-state index contributed by atoms with van der Waals surface area (Å²) in [6, 6.07) is 6.96. The third-order valence-electron chi connectivity index (χ3n) is 2.61. The van der Waals surface area contributed by atoms with Crippen molar-refractivity contribution in [3.63, 3.8) is 0 Å². The molecule has 19 heavy (non-hydrogen) atoms. The van der Waals surface area contributed by atoms with Crippen LogP contribution in [0.1, 0.15) is 10.6 Å². The molecule has 1 heterocycles. The first-order chi connectivity index (χ1) is 8.99. The molecule has 0 unspecified atom stereocenters. The van der Waals surface area contributed by atoms with Crippen molar-refractivity contribution >= 4 is 33.0 Å². The Bertz CT molecular complexity index is 642. The Labute approximate surface area is 121 Å². The van der Waals surface area contributed by atoms with Crippen LogP contribution in [0, 0.1) is 0 Å². The Morgan fingerprint density at radius 3 is 2.74 bits per heavy atom. The minimum atomic E-state index is -3.40. The fraction of sp³-hybridized carbons (Fsp3) is 0.250. The van der Waals surface area contributed by atoms with E-state index < -0.39 is 10.0 Å². The molecule has 7 heteroatoms. The Hall–Kier alpha value is -0.950. The standard InChI is InChI=1S/C12H13ClN2O2S2/c1-15(8-12-14-6-7-18-12)19(16,17)9-10-4-2-3-5-11(10)13/h2-7H,8-9H2,1H3. The first kappa shape index (κ1) is 14.5. The third kappa shape index (κ3) is 3.76. The van der Waals surface area contributed by atoms with E-state index in [0.29, 0.717) is 10.6 Å². The number of hydrogen-bond acceptors (Lipinski definition) is 4. The third-order valence-corrected chi connectivity index (χ3v) is 5.50. The number of nitrogens with zero attached hydrogens (tertiary/aromatic N) is 2. The SMILES string of the molecule is CN(Cc1nccs1)S(=O)(=O)Cc1ccccc1Cl. The average Bonchev–Trinajstić information content (AvgIpc) is 2.84. The van der Waals surface area contributed by atoms with Gasteiger partial charge in [0.25, 0.3) is 0 Å². The predicted octanol–water partition coefficient (Wildman–Crippen LogP) is 2.76. The van der Waals surface area contributed by atoms with E-state index in [1.54, 1.807) is 37.5 Å². The van der Waals surface area contributed by atoms with Gasteiger partial charge in [-0.15, -0.1) is 11.3 Å². The number of benzene rings is 1. The highest BCUT2D eigenvalue weighted by atomic mass is 35.5. The highest BCUT2D eigenvalue weighted by Gasteiger charge is 2.20. The van der Waals surface area contributed by atoms with Crippen LogP contribution < -0.4 is 0 Å². The topological polar surface area (TPSA) is 50.3 Å². The lowest BCUT2D eigenvalue weighted by Gasteiger charge is -2.16. The van der Waals surface area contributed by atoms with Gasteiger partial charge < -0.3 is 0 Å². The van der Waals surface area contributed by atoms with Crippen molar-refractivity contribution < 1.29 is 8.42 Å². The lowest BCUT2D eigenvalue weighted by Crippen LogP contribution is -2.27. The lowest BCUT2D eigenvalue weighted by molar-refractivity contribution is 0.465. The zero-order valence-corrected chi connectivity index (χ0v) is 12.7. The van der Waals surface area contributed by atoms with E-state index >= 15 is 0 Å². The Balaban J connectivity index is 2.12. The zero-order chi connectivity index (χ0) is 13.9. The molecule has 0 aliphatic rings. The highest BCUT2D eigenvalue weighted by molar-refractivity contribution is 7.88. The maximum absolute atomic E-state index is 12.2. The molecule has 0 amide bonds. The molecule has 4 nitrogen and oxygen atoms in total. The normalized spacial score (nSPS) is 11.9. The predicted molar refractivity (Wildman–Crippen MR) is 77.7 cm³/mol. The fourth-order valence-corrected chi connectivity index (χ4v) is 3.76. The average molecular weight is 317 g/mol. The van der Waals surface area contributed by atoms with Gasteiger partial charge in [-0.05, 0) is 11.6 Å². The van der Waals surface area contributed by atoms with Crippen LogP contribution in [-0.2, 0) is 22.3 Å². The number of halogens is 1. The fourth-order valence-electron chi connectivity index (χ4n) is 1.54. The van der Waals surface area contributed by atoms with Crippen molar-refractivity contribution in [3.05, 3.63) is 51.4 Å². The summed E-state index contributed by atoms with van der Waals surface area (Å²) in [4.78, 5) is 4.08. The van der Waals surface area contributed by atoms with Gasteiger partial charge in [-0.25, -0.2) is 13.4 Å². The summed E-state index contributed by atoms with van der Waals surface area (Å²) in [7, 11) is -1.85. The minimum Gasteiger partial charge on any atom is -0.248 e. The van der Waals surface area contributed by atoms with Crippen LogP contribution in [0.25, 0.3) is 0 Å². The number of rotatable bonds is 5. The van der Waals surface area contributed by atoms with Gasteiger partial charge in [0.2, 0.25) is 10.0 Å². The molecule has 0 atom stereocenters. The van der Waals surface area contributed by atoms with Gasteiger partial charge in [0.1, 0.15) is 5.01 Å². The highest BCUT2D eigenvalue weighted by Crippen LogP contribution is 2.20. The van der Waals surface area contributed by atoms with Crippen LogP contribution in [0.2, 0.25) is 5.02 Å². The van der Waals surface area contributed by atoms with E-state index in [1.165, 1.54) is 15.6 Å². The summed E-state index contributed by atoms with van der Waals surface area (Å²) in [5, 5.41) is 3.06. The number of hydrogen-bond donors (Lipinski definition) is 0. The molecule has 0 bridgehead atoms. The molecule has 0 radical (unpaired) electrons. The molecule has 0 N–H and O–H groups in total. The number of thiazole rings is 1. The van der Waals surface area contributed by atoms with Crippen LogP contribution in [0.4, 0.5) is 0 Å². The molecule has 1 aromatic carbocycles. The summed E-state index contributed by atoms with van der Waals surface area (Å²) in [6.45, 7) is 0.282. The lowest BCUT2D eigenvalue weighted by atomic mass is 10.2. The molecular weight excluding hydrogens is 304 g/mol. The molecule has 2 rings (SSSR count). The van der Waals surface area contributed by atoms with Gasteiger partial charge in [0.05, 0.1) is 12.3 Å². The maximum Gasteiger partial charge on any atom is 0.218 e. The van der Waals surface area contributed by atoms with E-state index in [9.17, 15) is 8.42 Å². The quantitative estimate of drug-likeness (QED) is 0.852. The van der Waals surface area contributed by atoms with Gasteiger partial charge in [0, 0.05) is 23.6 Å². The van der Waals surface area contributed by atoms with Crippen molar-refractivity contribution in [2.75, 3.05) is 7.05 Å². The summed E-state index contributed by atoms with van der Waals surface area (Å²) in [5.41, 5.74) is 0.607. The zero-order valence-electron chi connectivity index (χ0n) is 10.3. The van der Waals surface area contributed by atoms with E-state index in [2.05, 4.69) is 4.98 Å².